The van der Waals surface area contributed by atoms with Crippen LogP contribution in [0.25, 0.3) is 0 Å². The van der Waals surface area contributed by atoms with Crippen molar-refractivity contribution in [3.63, 3.8) is 0 Å². The summed E-state index contributed by atoms with van der Waals surface area (Å²) in [5.41, 5.74) is 1.16. The van der Waals surface area contributed by atoms with Gasteiger partial charge in [-0.15, -0.1) is 0 Å². The number of aliphatic hydroxyl groups is 1. The van der Waals surface area contributed by atoms with E-state index in [4.69, 9.17) is 0 Å². The maximum absolute atomic E-state index is 12.1. The van der Waals surface area contributed by atoms with Crippen molar-refractivity contribution in [3.05, 3.63) is 42.0 Å². The van der Waals surface area contributed by atoms with Gasteiger partial charge in [-0.05, 0) is 25.5 Å². The number of carbonyl (C=O) groups is 1. The molecule has 0 aromatic carbocycles. The number of hydrogen-bond acceptors (Lipinski definition) is 5. The Balaban J connectivity index is 1.70. The lowest BCUT2D eigenvalue weighted by Crippen LogP contribution is -2.56. The first kappa shape index (κ1) is 12.7. The monoisotopic (exact) mass is 273 g/mol. The highest BCUT2D eigenvalue weighted by Crippen LogP contribution is 2.32. The Morgan fingerprint density at radius 2 is 2.40 bits per heavy atom. The molecule has 0 saturated heterocycles. The first-order valence-corrected chi connectivity index (χ1v) is 6.42. The molecule has 2 N–H and O–H groups in total. The van der Waals surface area contributed by atoms with Crippen LogP contribution < -0.4 is 5.32 Å². The summed E-state index contributed by atoms with van der Waals surface area (Å²) in [6.45, 7) is 1.78. The second-order valence-electron chi connectivity index (χ2n) is 4.95. The van der Waals surface area contributed by atoms with Crippen molar-refractivity contribution < 1.29 is 9.90 Å². The van der Waals surface area contributed by atoms with Gasteiger partial charge in [0.2, 0.25) is 0 Å². The fourth-order valence-electron chi connectivity index (χ4n) is 2.42. The van der Waals surface area contributed by atoms with Gasteiger partial charge < -0.3 is 10.4 Å². The summed E-state index contributed by atoms with van der Waals surface area (Å²) in [4.78, 5) is 12.1. The molecule has 104 valence electrons. The number of nitrogens with one attached hydrogen (secondary N) is 1. The summed E-state index contributed by atoms with van der Waals surface area (Å²) in [6, 6.07) is 3.12. The lowest BCUT2D eigenvalue weighted by atomic mass is 9.83. The van der Waals surface area contributed by atoms with Crippen molar-refractivity contribution in [1.82, 2.24) is 25.3 Å². The predicted octanol–water partition coefficient (Wildman–Crippen LogP) is 0.0858. The number of rotatable bonds is 3. The molecule has 7 heteroatoms. The number of nitrogens with zero attached hydrogens (tertiary/aromatic N) is 4. The fraction of sp³-hybridized carbons (Fsp3) is 0.385. The zero-order valence-corrected chi connectivity index (χ0v) is 11.0. The molecule has 1 aliphatic rings. The molecular weight excluding hydrogens is 258 g/mol. The molecule has 0 spiro atoms. The van der Waals surface area contributed by atoms with Crippen LogP contribution >= 0.6 is 0 Å². The number of aliphatic hydroxyl groups excluding tert-OH is 1. The summed E-state index contributed by atoms with van der Waals surface area (Å²) < 4.78 is 1.68. The van der Waals surface area contributed by atoms with Gasteiger partial charge >= 0.3 is 0 Å². The quantitative estimate of drug-likeness (QED) is 0.826. The molecule has 7 nitrogen and oxygen atoms in total. The Hall–Kier alpha value is -2.28. The van der Waals surface area contributed by atoms with Crippen molar-refractivity contribution in [1.29, 1.82) is 0 Å². The molecule has 20 heavy (non-hydrogen) atoms. The van der Waals surface area contributed by atoms with Gasteiger partial charge in [-0.3, -0.25) is 9.48 Å². The molecule has 0 aliphatic heterocycles. The molecule has 2 aromatic heterocycles. The number of carbonyl (C=O) groups excluding carboxylic acids is 1. The van der Waals surface area contributed by atoms with Crippen LogP contribution in [-0.2, 0) is 0 Å². The number of hydrogen-bond donors (Lipinski definition) is 2. The maximum Gasteiger partial charge on any atom is 0.253 e. The Morgan fingerprint density at radius 1 is 1.55 bits per heavy atom. The van der Waals surface area contributed by atoms with E-state index >= 15 is 0 Å². The van der Waals surface area contributed by atoms with E-state index in [2.05, 4.69) is 20.6 Å². The molecule has 2 heterocycles. The van der Waals surface area contributed by atoms with Crippen molar-refractivity contribution in [3.8, 4) is 0 Å². The third-order valence-corrected chi connectivity index (χ3v) is 3.49. The maximum atomic E-state index is 12.1. The lowest BCUT2D eigenvalue weighted by Gasteiger charge is -2.41. The standard InChI is InChI=1S/C13H15N5O2/c1-8-5-9(7-14-17-8)13(20)16-10-6-11(19)12(10)18-4-2-3-15-18/h2-5,7,10-12,19H,6H2,1H3,(H,16,20)/t10-,11+,12+/m0/s1. The largest absolute Gasteiger partial charge is 0.391 e. The topological polar surface area (TPSA) is 92.9 Å². The predicted molar refractivity (Wildman–Crippen MR) is 69.9 cm³/mol. The molecule has 0 unspecified atom stereocenters. The smallest absolute Gasteiger partial charge is 0.253 e. The normalized spacial score (nSPS) is 25.0. The Bertz CT molecular complexity index is 613. The highest BCUT2D eigenvalue weighted by atomic mass is 16.3. The van der Waals surface area contributed by atoms with Crippen LogP contribution in [0, 0.1) is 6.92 Å². The van der Waals surface area contributed by atoms with E-state index in [1.54, 1.807) is 36.1 Å². The van der Waals surface area contributed by atoms with Gasteiger partial charge in [0, 0.05) is 12.4 Å². The van der Waals surface area contributed by atoms with Crippen LogP contribution in [-0.4, -0.2) is 43.1 Å². The lowest BCUT2D eigenvalue weighted by molar-refractivity contribution is -0.00589. The Kier molecular flexibility index (Phi) is 3.19. The van der Waals surface area contributed by atoms with Gasteiger partial charge in [-0.1, -0.05) is 0 Å². The van der Waals surface area contributed by atoms with E-state index in [9.17, 15) is 9.90 Å². The third kappa shape index (κ3) is 2.27. The minimum absolute atomic E-state index is 0.133. The van der Waals surface area contributed by atoms with Crippen LogP contribution in [0.2, 0.25) is 0 Å². The van der Waals surface area contributed by atoms with E-state index in [1.807, 2.05) is 0 Å². The van der Waals surface area contributed by atoms with E-state index in [0.717, 1.165) is 0 Å². The SMILES string of the molecule is Cc1cc(C(=O)N[C@H]2C[C@@H](O)[C@@H]2n2cccn2)cnn1. The van der Waals surface area contributed by atoms with Crippen LogP contribution in [0.3, 0.4) is 0 Å². The first-order valence-electron chi connectivity index (χ1n) is 6.42. The average Bonchev–Trinajstić information content (AvgIpc) is 2.91. The second-order valence-corrected chi connectivity index (χ2v) is 4.95. The molecule has 2 aromatic rings. The molecule has 1 fully saturated rings. The van der Waals surface area contributed by atoms with Crippen molar-refractivity contribution in [2.45, 2.75) is 31.5 Å². The van der Waals surface area contributed by atoms with Crippen molar-refractivity contribution in [2.75, 3.05) is 0 Å². The Labute approximate surface area is 115 Å². The summed E-state index contributed by atoms with van der Waals surface area (Å²) >= 11 is 0. The minimum atomic E-state index is -0.488. The summed E-state index contributed by atoms with van der Waals surface area (Å²) in [5, 5.41) is 24.4. The van der Waals surface area contributed by atoms with Gasteiger partial charge in [0.25, 0.3) is 5.91 Å². The molecule has 1 amide bonds. The molecule has 1 aliphatic carbocycles. The molecule has 0 radical (unpaired) electrons. The van der Waals surface area contributed by atoms with Gasteiger partial charge in [0.1, 0.15) is 0 Å². The fourth-order valence-corrected chi connectivity index (χ4v) is 2.42. The summed E-state index contributed by atoms with van der Waals surface area (Å²) in [5.74, 6) is -0.211. The average molecular weight is 273 g/mol. The van der Waals surface area contributed by atoms with E-state index in [1.165, 1.54) is 6.20 Å². The third-order valence-electron chi connectivity index (χ3n) is 3.49. The number of aromatic nitrogens is 4. The van der Waals surface area contributed by atoms with Gasteiger partial charge in [-0.25, -0.2) is 0 Å². The van der Waals surface area contributed by atoms with Crippen LogP contribution in [0.5, 0.6) is 0 Å². The van der Waals surface area contributed by atoms with E-state index < -0.39 is 6.10 Å². The molecule has 3 rings (SSSR count). The molecule has 1 saturated carbocycles. The summed E-state index contributed by atoms with van der Waals surface area (Å²) in [7, 11) is 0. The highest BCUT2D eigenvalue weighted by Gasteiger charge is 2.42. The van der Waals surface area contributed by atoms with Gasteiger partial charge in [-0.2, -0.15) is 15.3 Å². The molecule has 0 bridgehead atoms. The van der Waals surface area contributed by atoms with Gasteiger partial charge in [0.05, 0.1) is 35.6 Å². The van der Waals surface area contributed by atoms with Crippen molar-refractivity contribution in [2.24, 2.45) is 0 Å². The second kappa shape index (κ2) is 5.01. The first-order chi connectivity index (χ1) is 9.65. The highest BCUT2D eigenvalue weighted by molar-refractivity contribution is 5.94. The van der Waals surface area contributed by atoms with E-state index in [-0.39, 0.29) is 18.0 Å². The summed E-state index contributed by atoms with van der Waals surface area (Å²) in [6.07, 6.45) is 4.90. The van der Waals surface area contributed by atoms with Crippen LogP contribution in [0.1, 0.15) is 28.5 Å². The van der Waals surface area contributed by atoms with E-state index in [0.29, 0.717) is 17.7 Å². The number of aryl methyl sites for hydroxylation is 1. The molecule has 3 atom stereocenters. The van der Waals surface area contributed by atoms with Crippen LogP contribution in [0.4, 0.5) is 0 Å². The Morgan fingerprint density at radius 3 is 3.05 bits per heavy atom. The zero-order chi connectivity index (χ0) is 14.1. The minimum Gasteiger partial charge on any atom is -0.391 e. The van der Waals surface area contributed by atoms with Gasteiger partial charge in [0.15, 0.2) is 0 Å². The number of amides is 1. The zero-order valence-electron chi connectivity index (χ0n) is 11.0. The van der Waals surface area contributed by atoms with Crippen LogP contribution in [0.15, 0.2) is 30.7 Å². The van der Waals surface area contributed by atoms with Crippen molar-refractivity contribution >= 4 is 5.91 Å². The molecular formula is C13H15N5O2.